The van der Waals surface area contributed by atoms with Crippen LogP contribution in [0, 0.1) is 0 Å². The van der Waals surface area contributed by atoms with Crippen molar-refractivity contribution in [2.45, 2.75) is 6.54 Å². The van der Waals surface area contributed by atoms with E-state index in [9.17, 15) is 0 Å². The van der Waals surface area contributed by atoms with E-state index in [2.05, 4.69) is 10.2 Å². The molecule has 5 nitrogen and oxygen atoms in total. The molecule has 0 radical (unpaired) electrons. The van der Waals surface area contributed by atoms with E-state index in [1.807, 2.05) is 41.7 Å². The molecule has 0 aliphatic carbocycles. The molecule has 0 bridgehead atoms. The zero-order valence-corrected chi connectivity index (χ0v) is 8.31. The highest BCUT2D eigenvalue weighted by Crippen LogP contribution is 2.08. The lowest BCUT2D eigenvalue weighted by Crippen LogP contribution is -2.13. The molecular weight excluding hydrogens is 178 g/mol. The molecule has 0 amide bonds. The maximum atomic E-state index is 5.69. The minimum atomic E-state index is 0.720. The number of hydrogen-bond donors (Lipinski definition) is 1. The first-order valence-electron chi connectivity index (χ1n) is 4.40. The number of nitrogens with zero attached hydrogens (tertiary/aromatic N) is 4. The lowest BCUT2D eigenvalue weighted by molar-refractivity contribution is 0.388. The third-order valence-electron chi connectivity index (χ3n) is 1.95. The summed E-state index contributed by atoms with van der Waals surface area (Å²) in [5.74, 6) is 0.900. The lowest BCUT2D eigenvalue weighted by atomic mass is 10.4. The van der Waals surface area contributed by atoms with Gasteiger partial charge in [-0.1, -0.05) is 0 Å². The van der Waals surface area contributed by atoms with E-state index in [0.717, 1.165) is 23.7 Å². The summed E-state index contributed by atoms with van der Waals surface area (Å²) >= 11 is 0. The summed E-state index contributed by atoms with van der Waals surface area (Å²) in [6.07, 6.45) is 1.84. The van der Waals surface area contributed by atoms with E-state index in [4.69, 9.17) is 5.73 Å². The first-order valence-corrected chi connectivity index (χ1v) is 4.40. The zero-order valence-electron chi connectivity index (χ0n) is 8.31. The predicted molar refractivity (Wildman–Crippen MR) is 54.8 cm³/mol. The van der Waals surface area contributed by atoms with Crippen LogP contribution >= 0.6 is 0 Å². The SMILES string of the molecule is CN(C)Cc1nnc2ccc(N)cn12. The number of pyridine rings is 1. The summed E-state index contributed by atoms with van der Waals surface area (Å²) in [6, 6.07) is 3.69. The second kappa shape index (κ2) is 3.26. The van der Waals surface area contributed by atoms with Gasteiger partial charge in [0.2, 0.25) is 0 Å². The maximum Gasteiger partial charge on any atom is 0.160 e. The lowest BCUT2D eigenvalue weighted by Gasteiger charge is -2.07. The summed E-state index contributed by atoms with van der Waals surface area (Å²) in [7, 11) is 3.99. The van der Waals surface area contributed by atoms with Crippen molar-refractivity contribution in [2.24, 2.45) is 0 Å². The average Bonchev–Trinajstić information content (AvgIpc) is 2.47. The highest BCUT2D eigenvalue weighted by molar-refractivity contribution is 5.47. The Morgan fingerprint density at radius 3 is 2.86 bits per heavy atom. The van der Waals surface area contributed by atoms with Gasteiger partial charge in [-0.2, -0.15) is 0 Å². The van der Waals surface area contributed by atoms with Crippen molar-refractivity contribution >= 4 is 11.3 Å². The standard InChI is InChI=1S/C9H13N5/c1-13(2)6-9-12-11-8-4-3-7(10)5-14(8)9/h3-5H,6,10H2,1-2H3. The van der Waals surface area contributed by atoms with Crippen molar-refractivity contribution in [3.63, 3.8) is 0 Å². The van der Waals surface area contributed by atoms with Gasteiger partial charge in [0.1, 0.15) is 0 Å². The normalized spacial score (nSPS) is 11.4. The molecule has 2 rings (SSSR count). The number of anilines is 1. The molecule has 0 fully saturated rings. The molecule has 0 aliphatic heterocycles. The maximum absolute atomic E-state index is 5.69. The third-order valence-corrected chi connectivity index (χ3v) is 1.95. The van der Waals surface area contributed by atoms with Crippen LogP contribution in [-0.4, -0.2) is 33.6 Å². The van der Waals surface area contributed by atoms with Gasteiger partial charge >= 0.3 is 0 Å². The van der Waals surface area contributed by atoms with Gasteiger partial charge in [-0.25, -0.2) is 0 Å². The van der Waals surface area contributed by atoms with Crippen molar-refractivity contribution < 1.29 is 0 Å². The van der Waals surface area contributed by atoms with Crippen LogP contribution in [0.1, 0.15) is 5.82 Å². The fraction of sp³-hybridized carbons (Fsp3) is 0.333. The third kappa shape index (κ3) is 1.54. The first-order chi connectivity index (χ1) is 6.66. The molecule has 0 saturated heterocycles. The van der Waals surface area contributed by atoms with E-state index < -0.39 is 0 Å². The molecule has 0 aliphatic rings. The molecule has 74 valence electrons. The van der Waals surface area contributed by atoms with Gasteiger partial charge in [-0.15, -0.1) is 10.2 Å². The van der Waals surface area contributed by atoms with E-state index in [-0.39, 0.29) is 0 Å². The Labute approximate surface area is 82.2 Å². The number of rotatable bonds is 2. The minimum Gasteiger partial charge on any atom is -0.398 e. The minimum absolute atomic E-state index is 0.720. The Kier molecular flexibility index (Phi) is 2.09. The summed E-state index contributed by atoms with van der Waals surface area (Å²) in [5, 5.41) is 8.14. The second-order valence-corrected chi connectivity index (χ2v) is 3.54. The van der Waals surface area contributed by atoms with Crippen LogP contribution in [0.4, 0.5) is 5.69 Å². The monoisotopic (exact) mass is 191 g/mol. The van der Waals surface area contributed by atoms with Gasteiger partial charge in [-0.05, 0) is 26.2 Å². The molecule has 2 heterocycles. The molecular formula is C9H13N5. The van der Waals surface area contributed by atoms with Crippen molar-refractivity contribution in [3.8, 4) is 0 Å². The van der Waals surface area contributed by atoms with Crippen molar-refractivity contribution in [2.75, 3.05) is 19.8 Å². The Bertz CT molecular complexity index is 445. The molecule has 0 saturated carbocycles. The number of hydrogen-bond acceptors (Lipinski definition) is 4. The molecule has 2 N–H and O–H groups in total. The fourth-order valence-corrected chi connectivity index (χ4v) is 1.35. The molecule has 0 aromatic carbocycles. The second-order valence-electron chi connectivity index (χ2n) is 3.54. The quantitative estimate of drug-likeness (QED) is 0.745. The van der Waals surface area contributed by atoms with Crippen LogP contribution in [-0.2, 0) is 6.54 Å². The Morgan fingerprint density at radius 1 is 1.36 bits per heavy atom. The van der Waals surface area contributed by atoms with E-state index in [0.29, 0.717) is 0 Å². The van der Waals surface area contributed by atoms with Gasteiger partial charge < -0.3 is 10.6 Å². The highest BCUT2D eigenvalue weighted by atomic mass is 15.3. The van der Waals surface area contributed by atoms with Crippen LogP contribution in [0.25, 0.3) is 5.65 Å². The summed E-state index contributed by atoms with van der Waals surface area (Å²) in [6.45, 7) is 0.755. The molecule has 0 atom stereocenters. The van der Waals surface area contributed by atoms with Crippen LogP contribution in [0.3, 0.4) is 0 Å². The average molecular weight is 191 g/mol. The van der Waals surface area contributed by atoms with E-state index >= 15 is 0 Å². The largest absolute Gasteiger partial charge is 0.398 e. The van der Waals surface area contributed by atoms with Gasteiger partial charge in [0.05, 0.1) is 6.54 Å². The van der Waals surface area contributed by atoms with E-state index in [1.54, 1.807) is 0 Å². The highest BCUT2D eigenvalue weighted by Gasteiger charge is 2.05. The van der Waals surface area contributed by atoms with Crippen LogP contribution in [0.15, 0.2) is 18.3 Å². The van der Waals surface area contributed by atoms with Crippen molar-refractivity contribution in [1.82, 2.24) is 19.5 Å². The molecule has 0 spiro atoms. The van der Waals surface area contributed by atoms with Crippen LogP contribution < -0.4 is 5.73 Å². The van der Waals surface area contributed by atoms with Gasteiger partial charge in [-0.3, -0.25) is 4.40 Å². The number of nitrogen functional groups attached to an aromatic ring is 1. The van der Waals surface area contributed by atoms with Crippen LogP contribution in [0.2, 0.25) is 0 Å². The van der Waals surface area contributed by atoms with E-state index in [1.165, 1.54) is 0 Å². The Balaban J connectivity index is 2.50. The smallest absolute Gasteiger partial charge is 0.160 e. The van der Waals surface area contributed by atoms with Gasteiger partial charge in [0.15, 0.2) is 11.5 Å². The Morgan fingerprint density at radius 2 is 2.14 bits per heavy atom. The summed E-state index contributed by atoms with van der Waals surface area (Å²) < 4.78 is 1.91. The van der Waals surface area contributed by atoms with Gasteiger partial charge in [0.25, 0.3) is 0 Å². The predicted octanol–water partition coefficient (Wildman–Crippen LogP) is 0.373. The molecule has 0 unspecified atom stereocenters. The summed E-state index contributed by atoms with van der Waals surface area (Å²) in [5.41, 5.74) is 7.24. The topological polar surface area (TPSA) is 59.5 Å². The molecule has 2 aromatic rings. The number of nitrogens with two attached hydrogens (primary N) is 1. The number of aromatic nitrogens is 3. The molecule has 2 aromatic heterocycles. The first kappa shape index (κ1) is 8.96. The molecule has 14 heavy (non-hydrogen) atoms. The zero-order chi connectivity index (χ0) is 10.1. The Hall–Kier alpha value is -1.62. The number of fused-ring (bicyclic) bond motifs is 1. The summed E-state index contributed by atoms with van der Waals surface area (Å²) in [4.78, 5) is 2.04. The molecule has 5 heteroatoms. The van der Waals surface area contributed by atoms with Gasteiger partial charge in [0, 0.05) is 11.9 Å². The van der Waals surface area contributed by atoms with Crippen molar-refractivity contribution in [3.05, 3.63) is 24.2 Å². The fourth-order valence-electron chi connectivity index (χ4n) is 1.35. The van der Waals surface area contributed by atoms with Crippen molar-refractivity contribution in [1.29, 1.82) is 0 Å². The van der Waals surface area contributed by atoms with Crippen LogP contribution in [0.5, 0.6) is 0 Å².